The molecule has 5 rings (SSSR count). The van der Waals surface area contributed by atoms with E-state index in [0.717, 1.165) is 61.2 Å². The molecule has 0 radical (unpaired) electrons. The van der Waals surface area contributed by atoms with E-state index in [1.54, 1.807) is 13.3 Å². The minimum Gasteiger partial charge on any atom is -0.494 e. The number of likely N-dealkylation sites (N-methyl/N-ethyl adjacent to an activating group) is 1. The molecule has 0 unspecified atom stereocenters. The monoisotopic (exact) mass is 476 g/mol. The SMILES string of the molecule is C=CC(=O)N1CC[C@@H](N2CC=Nc3cnc(Nc4ccc(N5CCN(C)CC5)cc4OC)nc32)C1. The number of methoxy groups -OCH3 is 1. The van der Waals surface area contributed by atoms with Crippen LogP contribution >= 0.6 is 0 Å². The molecule has 4 heterocycles. The highest BCUT2D eigenvalue weighted by Gasteiger charge is 2.32. The second-order valence-corrected chi connectivity index (χ2v) is 9.10. The third kappa shape index (κ3) is 4.79. The summed E-state index contributed by atoms with van der Waals surface area (Å²) in [5.74, 6) is 1.96. The fourth-order valence-electron chi connectivity index (χ4n) is 4.86. The maximum atomic E-state index is 12.1. The molecule has 10 nitrogen and oxygen atoms in total. The van der Waals surface area contributed by atoms with Crippen molar-refractivity contribution in [2.45, 2.75) is 12.5 Å². The van der Waals surface area contributed by atoms with Gasteiger partial charge in [-0.15, -0.1) is 0 Å². The number of hydrogen-bond donors (Lipinski definition) is 1. The lowest BCUT2D eigenvalue weighted by atomic mass is 10.2. The van der Waals surface area contributed by atoms with Crippen LogP contribution in [0.15, 0.2) is 42.0 Å². The zero-order valence-electron chi connectivity index (χ0n) is 20.4. The summed E-state index contributed by atoms with van der Waals surface area (Å²) < 4.78 is 5.70. The fourth-order valence-corrected chi connectivity index (χ4v) is 4.86. The number of carbonyl (C=O) groups is 1. The van der Waals surface area contributed by atoms with E-state index in [2.05, 4.69) is 55.8 Å². The van der Waals surface area contributed by atoms with Crippen molar-refractivity contribution in [3.8, 4) is 5.75 Å². The number of fused-ring (bicyclic) bond motifs is 1. The van der Waals surface area contributed by atoms with E-state index >= 15 is 0 Å². The molecule has 1 amide bonds. The molecular formula is C25H32N8O2. The van der Waals surface area contributed by atoms with Gasteiger partial charge < -0.3 is 29.7 Å². The van der Waals surface area contributed by atoms with Crippen molar-refractivity contribution in [2.75, 3.05) is 75.1 Å². The van der Waals surface area contributed by atoms with Gasteiger partial charge >= 0.3 is 0 Å². The molecule has 1 aromatic carbocycles. The van der Waals surface area contributed by atoms with E-state index in [-0.39, 0.29) is 11.9 Å². The molecule has 184 valence electrons. The van der Waals surface area contributed by atoms with Crippen molar-refractivity contribution in [1.29, 1.82) is 0 Å². The number of aromatic nitrogens is 2. The molecule has 2 fully saturated rings. The molecule has 1 atom stereocenters. The number of aliphatic imine (C=N–C) groups is 1. The average Bonchev–Trinajstić information content (AvgIpc) is 3.39. The third-order valence-electron chi connectivity index (χ3n) is 6.92. The average molecular weight is 477 g/mol. The van der Waals surface area contributed by atoms with Gasteiger partial charge in [-0.05, 0) is 31.7 Å². The molecule has 2 aromatic rings. The zero-order valence-corrected chi connectivity index (χ0v) is 20.4. The first-order valence-corrected chi connectivity index (χ1v) is 12.0. The summed E-state index contributed by atoms with van der Waals surface area (Å²) in [7, 11) is 3.83. The van der Waals surface area contributed by atoms with Crippen LogP contribution in [0.25, 0.3) is 0 Å². The minimum absolute atomic E-state index is 0.0319. The summed E-state index contributed by atoms with van der Waals surface area (Å²) in [5.41, 5.74) is 2.68. The lowest BCUT2D eigenvalue weighted by Crippen LogP contribution is -2.44. The first-order valence-electron chi connectivity index (χ1n) is 12.0. The topological polar surface area (TPSA) is 89.4 Å². The summed E-state index contributed by atoms with van der Waals surface area (Å²) in [6, 6.07) is 6.35. The van der Waals surface area contributed by atoms with Crippen LogP contribution in [0.3, 0.4) is 0 Å². The van der Waals surface area contributed by atoms with E-state index in [9.17, 15) is 4.79 Å². The first-order chi connectivity index (χ1) is 17.1. The van der Waals surface area contributed by atoms with Crippen LogP contribution in [-0.2, 0) is 4.79 Å². The number of nitrogens with zero attached hydrogens (tertiary/aromatic N) is 7. The number of ether oxygens (including phenoxy) is 1. The molecular weight excluding hydrogens is 444 g/mol. The predicted molar refractivity (Wildman–Crippen MR) is 139 cm³/mol. The van der Waals surface area contributed by atoms with E-state index < -0.39 is 0 Å². The number of likely N-dealkylation sites (tertiary alicyclic amines) is 1. The standard InChI is InChI=1S/C25H32N8O2/c1-4-23(34)32-9-7-19(17-32)33-10-8-26-21-16-27-25(29-24(21)33)28-20-6-5-18(15-22(20)35-3)31-13-11-30(2)12-14-31/h4-6,8,15-16,19H,1,7,9-14,17H2,2-3H3,(H,27,28,29)/t19-/m1/s1. The molecule has 10 heteroatoms. The van der Waals surface area contributed by atoms with Crippen LogP contribution in [0.5, 0.6) is 5.75 Å². The summed E-state index contributed by atoms with van der Waals surface area (Å²) >= 11 is 0. The maximum absolute atomic E-state index is 12.1. The summed E-state index contributed by atoms with van der Waals surface area (Å²) in [6.07, 6.45) is 5.86. The first kappa shape index (κ1) is 23.1. The van der Waals surface area contributed by atoms with Gasteiger partial charge in [0.25, 0.3) is 0 Å². The Morgan fingerprint density at radius 3 is 2.83 bits per heavy atom. The number of rotatable bonds is 6. The number of piperazine rings is 1. The summed E-state index contributed by atoms with van der Waals surface area (Å²) in [5, 5.41) is 3.33. The van der Waals surface area contributed by atoms with Crippen LogP contribution < -0.4 is 19.9 Å². The summed E-state index contributed by atoms with van der Waals surface area (Å²) in [4.78, 5) is 34.6. The van der Waals surface area contributed by atoms with Gasteiger partial charge in [0.1, 0.15) is 11.4 Å². The number of nitrogens with one attached hydrogen (secondary N) is 1. The van der Waals surface area contributed by atoms with Gasteiger partial charge in [0, 0.05) is 57.2 Å². The van der Waals surface area contributed by atoms with Gasteiger partial charge in [0.2, 0.25) is 11.9 Å². The molecule has 3 aliphatic rings. The Bertz CT molecular complexity index is 1130. The Balaban J connectivity index is 1.35. The molecule has 0 aliphatic carbocycles. The summed E-state index contributed by atoms with van der Waals surface area (Å²) in [6.45, 7) is 9.70. The van der Waals surface area contributed by atoms with Crippen molar-refractivity contribution in [1.82, 2.24) is 19.8 Å². The van der Waals surface area contributed by atoms with Gasteiger partial charge in [-0.1, -0.05) is 6.58 Å². The highest BCUT2D eigenvalue weighted by molar-refractivity contribution is 5.87. The number of amides is 1. The van der Waals surface area contributed by atoms with Gasteiger partial charge in [-0.2, -0.15) is 4.98 Å². The maximum Gasteiger partial charge on any atom is 0.246 e. The molecule has 3 aliphatic heterocycles. The van der Waals surface area contributed by atoms with Gasteiger partial charge in [-0.25, -0.2) is 4.98 Å². The zero-order chi connectivity index (χ0) is 24.4. The largest absolute Gasteiger partial charge is 0.494 e. The lowest BCUT2D eigenvalue weighted by Gasteiger charge is -2.34. The molecule has 0 saturated carbocycles. The Morgan fingerprint density at radius 2 is 2.06 bits per heavy atom. The van der Waals surface area contributed by atoms with Crippen LogP contribution in [0.1, 0.15) is 6.42 Å². The Hall–Kier alpha value is -3.66. The van der Waals surface area contributed by atoms with Crippen LogP contribution in [0, 0.1) is 0 Å². The Morgan fingerprint density at radius 1 is 1.23 bits per heavy atom. The van der Waals surface area contributed by atoms with Crippen LogP contribution in [0.4, 0.5) is 28.8 Å². The fraction of sp³-hybridized carbons (Fsp3) is 0.440. The second-order valence-electron chi connectivity index (χ2n) is 9.10. The smallest absolute Gasteiger partial charge is 0.246 e. The number of hydrogen-bond acceptors (Lipinski definition) is 9. The number of anilines is 4. The van der Waals surface area contributed by atoms with Crippen molar-refractivity contribution in [3.05, 3.63) is 37.1 Å². The van der Waals surface area contributed by atoms with Crippen molar-refractivity contribution >= 4 is 41.0 Å². The molecule has 35 heavy (non-hydrogen) atoms. The third-order valence-corrected chi connectivity index (χ3v) is 6.92. The molecule has 0 bridgehead atoms. The normalized spacial score (nSPS) is 20.1. The highest BCUT2D eigenvalue weighted by atomic mass is 16.5. The number of benzene rings is 1. The van der Waals surface area contributed by atoms with E-state index in [1.165, 1.54) is 6.08 Å². The quantitative estimate of drug-likeness (QED) is 0.636. The van der Waals surface area contributed by atoms with Gasteiger partial charge in [0.15, 0.2) is 5.82 Å². The van der Waals surface area contributed by atoms with E-state index in [4.69, 9.17) is 9.72 Å². The van der Waals surface area contributed by atoms with Crippen molar-refractivity contribution in [2.24, 2.45) is 4.99 Å². The molecule has 1 aromatic heterocycles. The van der Waals surface area contributed by atoms with Crippen molar-refractivity contribution < 1.29 is 9.53 Å². The van der Waals surface area contributed by atoms with Crippen LogP contribution in [-0.4, -0.2) is 97.9 Å². The molecule has 0 spiro atoms. The predicted octanol–water partition coefficient (Wildman–Crippen LogP) is 2.29. The van der Waals surface area contributed by atoms with Crippen molar-refractivity contribution in [3.63, 3.8) is 0 Å². The Kier molecular flexibility index (Phi) is 6.54. The highest BCUT2D eigenvalue weighted by Crippen LogP contribution is 2.35. The van der Waals surface area contributed by atoms with E-state index in [1.807, 2.05) is 17.2 Å². The lowest BCUT2D eigenvalue weighted by molar-refractivity contribution is -0.125. The van der Waals surface area contributed by atoms with Gasteiger partial charge in [0.05, 0.1) is 31.6 Å². The Labute approximate surface area is 205 Å². The molecule has 1 N–H and O–H groups in total. The minimum atomic E-state index is -0.0319. The second kappa shape index (κ2) is 9.91. The van der Waals surface area contributed by atoms with Gasteiger partial charge in [-0.3, -0.25) is 9.79 Å². The number of carbonyl (C=O) groups excluding carboxylic acids is 1. The van der Waals surface area contributed by atoms with E-state index in [0.29, 0.717) is 25.6 Å². The van der Waals surface area contributed by atoms with Crippen LogP contribution in [0.2, 0.25) is 0 Å². The molecule has 2 saturated heterocycles.